The quantitative estimate of drug-likeness (QED) is 0.756. The van der Waals surface area contributed by atoms with E-state index < -0.39 is 0 Å². The Kier molecular flexibility index (Phi) is 4.55. The Morgan fingerprint density at radius 3 is 2.83 bits per heavy atom. The van der Waals surface area contributed by atoms with Gasteiger partial charge in [0.2, 0.25) is 0 Å². The molecule has 0 fully saturated rings. The first-order valence-electron chi connectivity index (χ1n) is 7.28. The van der Waals surface area contributed by atoms with E-state index in [4.69, 9.17) is 0 Å². The van der Waals surface area contributed by atoms with Crippen LogP contribution in [0.25, 0.3) is 11.3 Å². The van der Waals surface area contributed by atoms with Crippen molar-refractivity contribution in [1.29, 1.82) is 0 Å². The second kappa shape index (κ2) is 6.76. The van der Waals surface area contributed by atoms with Crippen molar-refractivity contribution < 1.29 is 9.90 Å². The Labute approximate surface area is 138 Å². The highest BCUT2D eigenvalue weighted by atomic mass is 32.1. The SMILES string of the molecule is Cc1ccccc1-c1cc(NC(=O)c2cccs2)n(CCO)n1. The molecule has 6 heteroatoms. The van der Waals surface area contributed by atoms with Gasteiger partial charge in [-0.25, -0.2) is 4.68 Å². The minimum absolute atomic E-state index is 0.0449. The number of carbonyl (C=O) groups is 1. The molecule has 0 unspecified atom stereocenters. The highest BCUT2D eigenvalue weighted by Crippen LogP contribution is 2.25. The zero-order valence-corrected chi connectivity index (χ0v) is 13.5. The number of hydrogen-bond acceptors (Lipinski definition) is 4. The minimum atomic E-state index is -0.171. The molecule has 5 nitrogen and oxygen atoms in total. The smallest absolute Gasteiger partial charge is 0.266 e. The lowest BCUT2D eigenvalue weighted by atomic mass is 10.1. The van der Waals surface area contributed by atoms with Crippen LogP contribution in [0, 0.1) is 6.92 Å². The van der Waals surface area contributed by atoms with Gasteiger partial charge in [0.15, 0.2) is 0 Å². The third kappa shape index (κ3) is 3.33. The molecule has 1 amide bonds. The Morgan fingerprint density at radius 1 is 1.30 bits per heavy atom. The van der Waals surface area contributed by atoms with Gasteiger partial charge in [0.1, 0.15) is 5.82 Å². The van der Waals surface area contributed by atoms with Gasteiger partial charge in [0.25, 0.3) is 5.91 Å². The highest BCUT2D eigenvalue weighted by Gasteiger charge is 2.14. The van der Waals surface area contributed by atoms with Crippen LogP contribution in [0.4, 0.5) is 5.82 Å². The van der Waals surface area contributed by atoms with Crippen LogP contribution in [0.3, 0.4) is 0 Å². The molecule has 0 aliphatic heterocycles. The number of carbonyl (C=O) groups excluding carboxylic acids is 1. The summed E-state index contributed by atoms with van der Waals surface area (Å²) in [7, 11) is 0. The Morgan fingerprint density at radius 2 is 2.13 bits per heavy atom. The molecule has 2 aromatic heterocycles. The lowest BCUT2D eigenvalue weighted by Crippen LogP contribution is -2.15. The van der Waals surface area contributed by atoms with E-state index in [1.54, 1.807) is 10.7 Å². The van der Waals surface area contributed by atoms with E-state index >= 15 is 0 Å². The third-order valence-corrected chi connectivity index (χ3v) is 4.37. The fourth-order valence-corrected chi connectivity index (χ4v) is 2.98. The number of aliphatic hydroxyl groups excluding tert-OH is 1. The number of nitrogens with one attached hydrogen (secondary N) is 1. The number of aromatic nitrogens is 2. The molecule has 0 bridgehead atoms. The summed E-state index contributed by atoms with van der Waals surface area (Å²) in [6, 6.07) is 13.4. The third-order valence-electron chi connectivity index (χ3n) is 3.50. The summed E-state index contributed by atoms with van der Waals surface area (Å²) < 4.78 is 1.62. The zero-order valence-electron chi connectivity index (χ0n) is 12.7. The topological polar surface area (TPSA) is 67.2 Å². The Hall–Kier alpha value is -2.44. The zero-order chi connectivity index (χ0) is 16.2. The first-order valence-corrected chi connectivity index (χ1v) is 8.16. The molecule has 2 N–H and O–H groups in total. The van der Waals surface area contributed by atoms with Crippen LogP contribution in [0.5, 0.6) is 0 Å². The Bertz CT molecular complexity index is 809. The van der Waals surface area contributed by atoms with Crippen LogP contribution in [0.15, 0.2) is 47.8 Å². The first-order chi connectivity index (χ1) is 11.2. The van der Waals surface area contributed by atoms with Gasteiger partial charge in [-0.15, -0.1) is 11.3 Å². The molecule has 1 aromatic carbocycles. The lowest BCUT2D eigenvalue weighted by molar-refractivity contribution is 0.102. The largest absolute Gasteiger partial charge is 0.394 e. The van der Waals surface area contributed by atoms with Gasteiger partial charge in [0, 0.05) is 11.6 Å². The maximum absolute atomic E-state index is 12.2. The summed E-state index contributed by atoms with van der Waals surface area (Å²) in [6.07, 6.45) is 0. The van der Waals surface area contributed by atoms with E-state index in [1.807, 2.05) is 48.7 Å². The van der Waals surface area contributed by atoms with Gasteiger partial charge in [0.05, 0.1) is 23.7 Å². The summed E-state index contributed by atoms with van der Waals surface area (Å²) in [5, 5.41) is 18.5. The average Bonchev–Trinajstić information content (AvgIpc) is 3.19. The van der Waals surface area contributed by atoms with E-state index in [1.165, 1.54) is 11.3 Å². The van der Waals surface area contributed by atoms with E-state index in [0.717, 1.165) is 16.8 Å². The maximum atomic E-state index is 12.2. The van der Waals surface area contributed by atoms with Gasteiger partial charge in [-0.05, 0) is 23.9 Å². The minimum Gasteiger partial charge on any atom is -0.394 e. The number of benzene rings is 1. The standard InChI is InChI=1S/C17H17N3O2S/c1-12-5-2-3-6-13(12)14-11-16(20(19-14)8-9-21)18-17(22)15-7-4-10-23-15/h2-7,10-11,21H,8-9H2,1H3,(H,18,22). The van der Waals surface area contributed by atoms with Crippen molar-refractivity contribution in [3.05, 3.63) is 58.3 Å². The number of nitrogens with zero attached hydrogens (tertiary/aromatic N) is 2. The van der Waals surface area contributed by atoms with Crippen molar-refractivity contribution in [3.8, 4) is 11.3 Å². The van der Waals surface area contributed by atoms with E-state index in [-0.39, 0.29) is 12.5 Å². The average molecular weight is 327 g/mol. The molecule has 0 atom stereocenters. The molecule has 2 heterocycles. The van der Waals surface area contributed by atoms with E-state index in [0.29, 0.717) is 17.2 Å². The molecule has 3 aromatic rings. The second-order valence-corrected chi connectivity index (χ2v) is 6.06. The number of aryl methyl sites for hydroxylation is 1. The molecular formula is C17H17N3O2S. The number of hydrogen-bond donors (Lipinski definition) is 2. The highest BCUT2D eigenvalue weighted by molar-refractivity contribution is 7.12. The molecular weight excluding hydrogens is 310 g/mol. The van der Waals surface area contributed by atoms with Gasteiger partial charge >= 0.3 is 0 Å². The molecule has 118 valence electrons. The Balaban J connectivity index is 1.93. The summed E-state index contributed by atoms with van der Waals surface area (Å²) in [5.74, 6) is 0.408. The van der Waals surface area contributed by atoms with Crippen LogP contribution in [0.1, 0.15) is 15.2 Å². The summed E-state index contributed by atoms with van der Waals surface area (Å²) in [5.41, 5.74) is 2.89. The maximum Gasteiger partial charge on any atom is 0.266 e. The lowest BCUT2D eigenvalue weighted by Gasteiger charge is -2.06. The number of anilines is 1. The van der Waals surface area contributed by atoms with E-state index in [9.17, 15) is 9.90 Å². The van der Waals surface area contributed by atoms with Crippen molar-refractivity contribution in [3.63, 3.8) is 0 Å². The van der Waals surface area contributed by atoms with Gasteiger partial charge < -0.3 is 10.4 Å². The van der Waals surface area contributed by atoms with Gasteiger partial charge in [-0.2, -0.15) is 5.10 Å². The normalized spacial score (nSPS) is 10.7. The number of amides is 1. The van der Waals surface area contributed by atoms with Crippen molar-refractivity contribution in [2.45, 2.75) is 13.5 Å². The fourth-order valence-electron chi connectivity index (χ4n) is 2.36. The van der Waals surface area contributed by atoms with Crippen LogP contribution in [-0.4, -0.2) is 27.4 Å². The molecule has 0 aliphatic carbocycles. The second-order valence-electron chi connectivity index (χ2n) is 5.11. The fraction of sp³-hybridized carbons (Fsp3) is 0.176. The van der Waals surface area contributed by atoms with Crippen molar-refractivity contribution in [2.24, 2.45) is 0 Å². The summed E-state index contributed by atoms with van der Waals surface area (Å²) in [6.45, 7) is 2.30. The van der Waals surface area contributed by atoms with Crippen LogP contribution >= 0.6 is 11.3 Å². The number of rotatable bonds is 5. The van der Waals surface area contributed by atoms with Crippen LogP contribution in [-0.2, 0) is 6.54 Å². The van der Waals surface area contributed by atoms with E-state index in [2.05, 4.69) is 10.4 Å². The monoisotopic (exact) mass is 327 g/mol. The first kappa shape index (κ1) is 15.5. The summed E-state index contributed by atoms with van der Waals surface area (Å²) in [4.78, 5) is 12.9. The van der Waals surface area contributed by atoms with Gasteiger partial charge in [-0.1, -0.05) is 30.3 Å². The van der Waals surface area contributed by atoms with Gasteiger partial charge in [-0.3, -0.25) is 4.79 Å². The van der Waals surface area contributed by atoms with Crippen molar-refractivity contribution in [2.75, 3.05) is 11.9 Å². The molecule has 0 spiro atoms. The van der Waals surface area contributed by atoms with Crippen molar-refractivity contribution >= 4 is 23.1 Å². The summed E-state index contributed by atoms with van der Waals surface area (Å²) >= 11 is 1.38. The number of thiophene rings is 1. The molecule has 0 saturated carbocycles. The van der Waals surface area contributed by atoms with Crippen molar-refractivity contribution in [1.82, 2.24) is 9.78 Å². The molecule has 3 rings (SSSR count). The molecule has 0 radical (unpaired) electrons. The predicted octanol–water partition coefficient (Wildman–Crippen LogP) is 3.16. The van der Waals surface area contributed by atoms with Crippen LogP contribution < -0.4 is 5.32 Å². The molecule has 23 heavy (non-hydrogen) atoms. The van der Waals surface area contributed by atoms with Crippen LogP contribution in [0.2, 0.25) is 0 Å². The number of aliphatic hydroxyl groups is 1. The predicted molar refractivity (Wildman–Crippen MR) is 91.8 cm³/mol. The molecule has 0 aliphatic rings. The molecule has 0 saturated heterocycles.